The van der Waals surface area contributed by atoms with Crippen LogP contribution in [0, 0.1) is 6.92 Å². The van der Waals surface area contributed by atoms with Gasteiger partial charge in [0.1, 0.15) is 17.6 Å². The van der Waals surface area contributed by atoms with Crippen molar-refractivity contribution in [3.63, 3.8) is 0 Å². The van der Waals surface area contributed by atoms with Crippen molar-refractivity contribution in [3.05, 3.63) is 23.8 Å². The Morgan fingerprint density at radius 1 is 1.47 bits per heavy atom. The van der Waals surface area contributed by atoms with Crippen molar-refractivity contribution < 1.29 is 9.84 Å². The van der Waals surface area contributed by atoms with E-state index >= 15 is 0 Å². The third kappa shape index (κ3) is 2.63. The molecule has 1 unspecified atom stereocenters. The van der Waals surface area contributed by atoms with Crippen LogP contribution in [-0.4, -0.2) is 24.3 Å². The molecule has 1 fully saturated rings. The van der Waals surface area contributed by atoms with E-state index in [0.717, 1.165) is 37.2 Å². The lowest BCUT2D eigenvalue weighted by Gasteiger charge is -2.24. The molecule has 0 saturated carbocycles. The topological polar surface area (TPSA) is 41.5 Å². The number of aryl methyl sites for hydroxylation is 1. The Bertz CT molecular complexity index is 332. The zero-order valence-corrected chi connectivity index (χ0v) is 8.99. The van der Waals surface area contributed by atoms with E-state index in [2.05, 4.69) is 5.32 Å². The highest BCUT2D eigenvalue weighted by Crippen LogP contribution is 2.24. The van der Waals surface area contributed by atoms with Gasteiger partial charge in [-0.1, -0.05) is 6.07 Å². The Morgan fingerprint density at radius 2 is 2.33 bits per heavy atom. The predicted octanol–water partition coefficient (Wildman–Crippen LogP) is 1.83. The molecule has 3 nitrogen and oxygen atoms in total. The van der Waals surface area contributed by atoms with Crippen LogP contribution in [0.25, 0.3) is 0 Å². The predicted molar refractivity (Wildman–Crippen MR) is 59.4 cm³/mol. The molecule has 0 amide bonds. The summed E-state index contributed by atoms with van der Waals surface area (Å²) in [4.78, 5) is 0. The molecule has 82 valence electrons. The van der Waals surface area contributed by atoms with Crippen molar-refractivity contribution in [1.29, 1.82) is 0 Å². The summed E-state index contributed by atoms with van der Waals surface area (Å²) in [6.07, 6.45) is 2.48. The maximum absolute atomic E-state index is 9.53. The summed E-state index contributed by atoms with van der Waals surface area (Å²) >= 11 is 0. The average molecular weight is 207 g/mol. The molecule has 15 heavy (non-hydrogen) atoms. The summed E-state index contributed by atoms with van der Waals surface area (Å²) in [5.41, 5.74) is 0.879. The summed E-state index contributed by atoms with van der Waals surface area (Å²) in [6, 6.07) is 5.47. The molecule has 1 saturated heterocycles. The summed E-state index contributed by atoms with van der Waals surface area (Å²) in [7, 11) is 0. The minimum absolute atomic E-state index is 0.237. The molecule has 1 atom stereocenters. The van der Waals surface area contributed by atoms with Gasteiger partial charge in [0.05, 0.1) is 0 Å². The fraction of sp³-hybridized carbons (Fsp3) is 0.500. The fourth-order valence-corrected chi connectivity index (χ4v) is 1.78. The first-order valence-electron chi connectivity index (χ1n) is 5.43. The van der Waals surface area contributed by atoms with Crippen molar-refractivity contribution in [2.75, 3.05) is 13.1 Å². The van der Waals surface area contributed by atoms with Crippen LogP contribution in [0.3, 0.4) is 0 Å². The molecule has 1 aliphatic rings. The summed E-state index contributed by atoms with van der Waals surface area (Å²) in [6.45, 7) is 3.86. The average Bonchev–Trinajstić information content (AvgIpc) is 2.25. The standard InChI is InChI=1S/C12H17NO2/c1-9-4-5-10(7-12(9)14)15-11-3-2-6-13-8-11/h4-5,7,11,13-14H,2-3,6,8H2,1H3. The number of aromatic hydroxyl groups is 1. The smallest absolute Gasteiger partial charge is 0.123 e. The highest BCUT2D eigenvalue weighted by Gasteiger charge is 2.14. The van der Waals surface area contributed by atoms with Gasteiger partial charge in [0.2, 0.25) is 0 Å². The second kappa shape index (κ2) is 4.53. The lowest BCUT2D eigenvalue weighted by atomic mass is 10.1. The summed E-state index contributed by atoms with van der Waals surface area (Å²) < 4.78 is 5.77. The van der Waals surface area contributed by atoms with Gasteiger partial charge >= 0.3 is 0 Å². The van der Waals surface area contributed by atoms with E-state index in [9.17, 15) is 5.11 Å². The van der Waals surface area contributed by atoms with Crippen LogP contribution in [0.15, 0.2) is 18.2 Å². The van der Waals surface area contributed by atoms with E-state index in [1.807, 2.05) is 19.1 Å². The lowest BCUT2D eigenvalue weighted by Crippen LogP contribution is -2.37. The molecule has 0 radical (unpaired) electrons. The van der Waals surface area contributed by atoms with Crippen LogP contribution >= 0.6 is 0 Å². The summed E-state index contributed by atoms with van der Waals surface area (Å²) in [5.74, 6) is 1.06. The van der Waals surface area contributed by atoms with E-state index in [-0.39, 0.29) is 6.10 Å². The molecule has 1 aliphatic heterocycles. The second-order valence-electron chi connectivity index (χ2n) is 4.03. The normalized spacial score (nSPS) is 21.3. The Kier molecular flexibility index (Phi) is 3.11. The molecule has 0 bridgehead atoms. The molecular formula is C12H17NO2. The number of benzene rings is 1. The number of phenols is 1. The first-order valence-corrected chi connectivity index (χ1v) is 5.43. The van der Waals surface area contributed by atoms with E-state index in [1.165, 1.54) is 0 Å². The van der Waals surface area contributed by atoms with Crippen LogP contribution in [0.4, 0.5) is 0 Å². The molecule has 2 N–H and O–H groups in total. The lowest BCUT2D eigenvalue weighted by molar-refractivity contribution is 0.166. The van der Waals surface area contributed by atoms with Gasteiger partial charge in [-0.25, -0.2) is 0 Å². The number of piperidine rings is 1. The van der Waals surface area contributed by atoms with Crippen LogP contribution < -0.4 is 10.1 Å². The Hall–Kier alpha value is -1.22. The minimum atomic E-state index is 0.237. The molecule has 0 spiro atoms. The second-order valence-corrected chi connectivity index (χ2v) is 4.03. The maximum Gasteiger partial charge on any atom is 0.123 e. The molecule has 1 aromatic carbocycles. The van der Waals surface area contributed by atoms with Crippen LogP contribution in [0.5, 0.6) is 11.5 Å². The monoisotopic (exact) mass is 207 g/mol. The quantitative estimate of drug-likeness (QED) is 0.777. The van der Waals surface area contributed by atoms with E-state index < -0.39 is 0 Å². The number of rotatable bonds is 2. The van der Waals surface area contributed by atoms with Gasteiger partial charge in [-0.2, -0.15) is 0 Å². The van der Waals surface area contributed by atoms with Gasteiger partial charge < -0.3 is 15.2 Å². The Morgan fingerprint density at radius 3 is 3.00 bits per heavy atom. The van der Waals surface area contributed by atoms with Gasteiger partial charge in [0.25, 0.3) is 0 Å². The Labute approximate surface area is 90.1 Å². The zero-order chi connectivity index (χ0) is 10.7. The van der Waals surface area contributed by atoms with Crippen molar-refractivity contribution in [2.24, 2.45) is 0 Å². The Balaban J connectivity index is 2.00. The van der Waals surface area contributed by atoms with E-state index in [0.29, 0.717) is 5.75 Å². The summed E-state index contributed by atoms with van der Waals surface area (Å²) in [5, 5.41) is 12.8. The first kappa shape index (κ1) is 10.3. The number of phenolic OH excluding ortho intramolecular Hbond substituents is 1. The highest BCUT2D eigenvalue weighted by molar-refractivity contribution is 5.38. The van der Waals surface area contributed by atoms with Crippen LogP contribution in [-0.2, 0) is 0 Å². The van der Waals surface area contributed by atoms with Crippen LogP contribution in [0.1, 0.15) is 18.4 Å². The molecule has 1 aromatic rings. The number of nitrogens with one attached hydrogen (secondary N) is 1. The first-order chi connectivity index (χ1) is 7.25. The van der Waals surface area contributed by atoms with Crippen LogP contribution in [0.2, 0.25) is 0 Å². The molecule has 3 heteroatoms. The molecule has 1 heterocycles. The van der Waals surface area contributed by atoms with Crippen molar-refractivity contribution >= 4 is 0 Å². The van der Waals surface area contributed by atoms with E-state index in [1.54, 1.807) is 6.07 Å². The number of ether oxygens (including phenoxy) is 1. The van der Waals surface area contributed by atoms with Gasteiger partial charge in [-0.3, -0.25) is 0 Å². The van der Waals surface area contributed by atoms with Gasteiger partial charge in [0, 0.05) is 12.6 Å². The maximum atomic E-state index is 9.53. The van der Waals surface area contributed by atoms with Gasteiger partial charge in [0.15, 0.2) is 0 Å². The van der Waals surface area contributed by atoms with E-state index in [4.69, 9.17) is 4.74 Å². The minimum Gasteiger partial charge on any atom is -0.508 e. The van der Waals surface area contributed by atoms with Gasteiger partial charge in [-0.15, -0.1) is 0 Å². The fourth-order valence-electron chi connectivity index (χ4n) is 1.78. The number of hydrogen-bond donors (Lipinski definition) is 2. The zero-order valence-electron chi connectivity index (χ0n) is 8.99. The van der Waals surface area contributed by atoms with Gasteiger partial charge in [-0.05, 0) is 37.9 Å². The van der Waals surface area contributed by atoms with Crippen molar-refractivity contribution in [1.82, 2.24) is 5.32 Å². The van der Waals surface area contributed by atoms with Crippen molar-refractivity contribution in [2.45, 2.75) is 25.9 Å². The largest absolute Gasteiger partial charge is 0.508 e. The third-order valence-electron chi connectivity index (χ3n) is 2.74. The molecule has 0 aliphatic carbocycles. The molecule has 2 rings (SSSR count). The van der Waals surface area contributed by atoms with Crippen molar-refractivity contribution in [3.8, 4) is 11.5 Å². The molecular weight excluding hydrogens is 190 g/mol. The molecule has 0 aromatic heterocycles. The highest BCUT2D eigenvalue weighted by atomic mass is 16.5. The SMILES string of the molecule is Cc1ccc(OC2CCCNC2)cc1O. The number of hydrogen-bond acceptors (Lipinski definition) is 3. The third-order valence-corrected chi connectivity index (χ3v) is 2.74.